The highest BCUT2D eigenvalue weighted by molar-refractivity contribution is 6.30. The van der Waals surface area contributed by atoms with Crippen LogP contribution in [0.15, 0.2) is 52.1 Å². The third-order valence-corrected chi connectivity index (χ3v) is 3.63. The molecule has 2 aromatic carbocycles. The first kappa shape index (κ1) is 15.1. The van der Waals surface area contributed by atoms with Crippen molar-refractivity contribution in [2.24, 2.45) is 0 Å². The molecule has 0 saturated heterocycles. The van der Waals surface area contributed by atoms with E-state index >= 15 is 0 Å². The SMILES string of the molecule is O=C(Cc1ccc(Cl)cc1)Nc1cccc2c(=O)[nH][nH]c(=O)c12. The van der Waals surface area contributed by atoms with Crippen molar-refractivity contribution in [3.05, 3.63) is 73.8 Å². The van der Waals surface area contributed by atoms with Crippen molar-refractivity contribution in [2.75, 3.05) is 5.32 Å². The molecule has 23 heavy (non-hydrogen) atoms. The highest BCUT2D eigenvalue weighted by Gasteiger charge is 2.11. The van der Waals surface area contributed by atoms with E-state index in [0.717, 1.165) is 5.56 Å². The standard InChI is InChI=1S/C16H12ClN3O3/c17-10-6-4-9(5-7-10)8-13(21)18-12-3-1-2-11-14(12)16(23)20-19-15(11)22/h1-7H,8H2,(H,18,21)(H,19,22)(H,20,23). The van der Waals surface area contributed by atoms with Crippen LogP contribution in [0.5, 0.6) is 0 Å². The van der Waals surface area contributed by atoms with Gasteiger partial charge in [-0.1, -0.05) is 29.8 Å². The van der Waals surface area contributed by atoms with Crippen LogP contribution < -0.4 is 16.4 Å². The molecule has 0 aliphatic rings. The molecule has 7 heteroatoms. The van der Waals surface area contributed by atoms with Crippen LogP contribution in [0.4, 0.5) is 5.69 Å². The average Bonchev–Trinajstić information content (AvgIpc) is 2.53. The van der Waals surface area contributed by atoms with Gasteiger partial charge in [-0.15, -0.1) is 0 Å². The summed E-state index contributed by atoms with van der Waals surface area (Å²) < 4.78 is 0. The summed E-state index contributed by atoms with van der Waals surface area (Å²) >= 11 is 5.80. The van der Waals surface area contributed by atoms with Gasteiger partial charge in [-0.25, -0.2) is 0 Å². The number of benzene rings is 2. The molecule has 1 heterocycles. The summed E-state index contributed by atoms with van der Waals surface area (Å²) in [6, 6.07) is 11.6. The quantitative estimate of drug-likeness (QED) is 0.686. The summed E-state index contributed by atoms with van der Waals surface area (Å²) in [7, 11) is 0. The van der Waals surface area contributed by atoms with Crippen LogP contribution in [0.25, 0.3) is 10.8 Å². The highest BCUT2D eigenvalue weighted by Crippen LogP contribution is 2.17. The average molecular weight is 330 g/mol. The van der Waals surface area contributed by atoms with Crippen molar-refractivity contribution in [3.63, 3.8) is 0 Å². The third-order valence-electron chi connectivity index (χ3n) is 3.38. The number of hydrogen-bond acceptors (Lipinski definition) is 3. The minimum absolute atomic E-state index is 0.134. The number of amides is 1. The molecular weight excluding hydrogens is 318 g/mol. The Balaban J connectivity index is 1.91. The number of fused-ring (bicyclic) bond motifs is 1. The van der Waals surface area contributed by atoms with E-state index in [2.05, 4.69) is 15.5 Å². The number of aromatic amines is 2. The van der Waals surface area contributed by atoms with Crippen LogP contribution in [-0.2, 0) is 11.2 Å². The third kappa shape index (κ3) is 3.17. The molecule has 0 fully saturated rings. The first-order valence-corrected chi connectivity index (χ1v) is 7.20. The summed E-state index contributed by atoms with van der Waals surface area (Å²) in [4.78, 5) is 35.8. The second-order valence-electron chi connectivity index (χ2n) is 4.99. The van der Waals surface area contributed by atoms with Crippen molar-refractivity contribution >= 4 is 34.0 Å². The maximum atomic E-state index is 12.2. The van der Waals surface area contributed by atoms with Gasteiger partial charge in [0.2, 0.25) is 5.91 Å². The van der Waals surface area contributed by atoms with Crippen LogP contribution in [-0.4, -0.2) is 16.1 Å². The monoisotopic (exact) mass is 329 g/mol. The number of halogens is 1. The first-order valence-electron chi connectivity index (χ1n) is 6.82. The minimum atomic E-state index is -0.470. The van der Waals surface area contributed by atoms with Crippen molar-refractivity contribution in [1.82, 2.24) is 10.2 Å². The largest absolute Gasteiger partial charge is 0.325 e. The Hall–Kier alpha value is -2.86. The van der Waals surface area contributed by atoms with Gasteiger partial charge in [0.25, 0.3) is 11.1 Å². The lowest BCUT2D eigenvalue weighted by atomic mass is 10.1. The van der Waals surface area contributed by atoms with Crippen molar-refractivity contribution in [3.8, 4) is 0 Å². The predicted molar refractivity (Wildman–Crippen MR) is 89.0 cm³/mol. The molecule has 1 amide bonds. The Morgan fingerprint density at radius 3 is 2.43 bits per heavy atom. The number of hydrogen-bond donors (Lipinski definition) is 3. The molecule has 1 aromatic heterocycles. The maximum Gasteiger partial charge on any atom is 0.272 e. The molecule has 116 valence electrons. The van der Waals surface area contributed by atoms with Gasteiger partial charge in [-0.3, -0.25) is 24.6 Å². The maximum absolute atomic E-state index is 12.2. The Morgan fingerprint density at radius 1 is 1.00 bits per heavy atom. The number of nitrogens with one attached hydrogen (secondary N) is 3. The van der Waals surface area contributed by atoms with Crippen molar-refractivity contribution in [2.45, 2.75) is 6.42 Å². The van der Waals surface area contributed by atoms with E-state index in [-0.39, 0.29) is 23.1 Å². The number of H-pyrrole nitrogens is 2. The van der Waals surface area contributed by atoms with Gasteiger partial charge in [0.15, 0.2) is 0 Å². The minimum Gasteiger partial charge on any atom is -0.325 e. The summed E-state index contributed by atoms with van der Waals surface area (Å²) in [6.45, 7) is 0. The zero-order valence-corrected chi connectivity index (χ0v) is 12.6. The highest BCUT2D eigenvalue weighted by atomic mass is 35.5. The number of anilines is 1. The fourth-order valence-corrected chi connectivity index (χ4v) is 2.44. The second-order valence-corrected chi connectivity index (χ2v) is 5.42. The molecule has 0 saturated carbocycles. The molecule has 6 nitrogen and oxygen atoms in total. The molecule has 3 N–H and O–H groups in total. The van der Waals surface area contributed by atoms with E-state index in [4.69, 9.17) is 11.6 Å². The number of carbonyl (C=O) groups is 1. The topological polar surface area (TPSA) is 94.8 Å². The molecule has 0 spiro atoms. The van der Waals surface area contributed by atoms with Crippen LogP contribution in [0.1, 0.15) is 5.56 Å². The van der Waals surface area contributed by atoms with Crippen LogP contribution in [0.3, 0.4) is 0 Å². The second kappa shape index (κ2) is 6.10. The lowest BCUT2D eigenvalue weighted by Crippen LogP contribution is -2.22. The normalized spacial score (nSPS) is 10.7. The van der Waals surface area contributed by atoms with E-state index < -0.39 is 11.1 Å². The number of carbonyl (C=O) groups excluding carboxylic acids is 1. The zero-order valence-electron chi connectivity index (χ0n) is 11.9. The van der Waals surface area contributed by atoms with Gasteiger partial charge in [0, 0.05) is 5.02 Å². The van der Waals surface area contributed by atoms with Crippen LogP contribution in [0, 0.1) is 0 Å². The molecule has 0 radical (unpaired) electrons. The summed E-state index contributed by atoms with van der Waals surface area (Å²) in [5, 5.41) is 8.14. The number of aromatic nitrogens is 2. The summed E-state index contributed by atoms with van der Waals surface area (Å²) in [6.07, 6.45) is 0.134. The van der Waals surface area contributed by atoms with Gasteiger partial charge in [-0.2, -0.15) is 0 Å². The molecule has 3 rings (SSSR count). The van der Waals surface area contributed by atoms with Gasteiger partial charge in [0.1, 0.15) is 0 Å². The van der Waals surface area contributed by atoms with Gasteiger partial charge in [-0.05, 0) is 29.8 Å². The number of rotatable bonds is 3. The first-order chi connectivity index (χ1) is 11.0. The molecule has 0 bridgehead atoms. The molecule has 0 unspecified atom stereocenters. The lowest BCUT2D eigenvalue weighted by molar-refractivity contribution is -0.115. The molecular formula is C16H12ClN3O3. The molecule has 0 aliphatic carbocycles. The lowest BCUT2D eigenvalue weighted by Gasteiger charge is -2.08. The molecule has 3 aromatic rings. The Morgan fingerprint density at radius 2 is 1.70 bits per heavy atom. The van der Waals surface area contributed by atoms with Crippen LogP contribution >= 0.6 is 11.6 Å². The predicted octanol–water partition coefficient (Wildman–Crippen LogP) is 2.05. The van der Waals surface area contributed by atoms with Gasteiger partial charge < -0.3 is 5.32 Å². The van der Waals surface area contributed by atoms with E-state index in [0.29, 0.717) is 10.7 Å². The van der Waals surface area contributed by atoms with E-state index in [1.807, 2.05) is 0 Å². The smallest absolute Gasteiger partial charge is 0.272 e. The van der Waals surface area contributed by atoms with Crippen LogP contribution in [0.2, 0.25) is 5.02 Å². The zero-order chi connectivity index (χ0) is 16.4. The van der Waals surface area contributed by atoms with E-state index in [9.17, 15) is 14.4 Å². The fraction of sp³-hybridized carbons (Fsp3) is 0.0625. The van der Waals surface area contributed by atoms with Gasteiger partial charge >= 0.3 is 0 Å². The fourth-order valence-electron chi connectivity index (χ4n) is 2.32. The molecule has 0 atom stereocenters. The van der Waals surface area contributed by atoms with E-state index in [1.165, 1.54) is 6.07 Å². The van der Waals surface area contributed by atoms with E-state index in [1.54, 1.807) is 36.4 Å². The van der Waals surface area contributed by atoms with Crippen molar-refractivity contribution in [1.29, 1.82) is 0 Å². The Labute approximate surface area is 135 Å². The van der Waals surface area contributed by atoms with Gasteiger partial charge in [0.05, 0.1) is 22.9 Å². The van der Waals surface area contributed by atoms with Crippen molar-refractivity contribution < 1.29 is 4.79 Å². The Kier molecular flexibility index (Phi) is 3.99. The Bertz CT molecular complexity index is 990. The summed E-state index contributed by atoms with van der Waals surface area (Å²) in [5.41, 5.74) is 0.197. The molecule has 0 aliphatic heterocycles. The summed E-state index contributed by atoms with van der Waals surface area (Å²) in [5.74, 6) is -0.292.